The topological polar surface area (TPSA) is 141 Å². The van der Waals surface area contributed by atoms with E-state index in [9.17, 15) is 25.0 Å². The first-order valence-corrected chi connectivity index (χ1v) is 7.15. The molecule has 0 radical (unpaired) electrons. The molecule has 0 aliphatic heterocycles. The van der Waals surface area contributed by atoms with E-state index in [1.165, 1.54) is 31.2 Å². The Kier molecular flexibility index (Phi) is 6.56. The van der Waals surface area contributed by atoms with Gasteiger partial charge < -0.3 is 11.1 Å². The second-order valence-corrected chi connectivity index (χ2v) is 5.24. The van der Waals surface area contributed by atoms with Crippen molar-refractivity contribution in [3.05, 3.63) is 67.8 Å². The SMILES string of the molecule is CC(=O)Nc1ccc([N+](=O)[O-])c(C)c1.Cc1cc(N)ccc1[N+](=O)[O-]. The highest BCUT2D eigenvalue weighted by Gasteiger charge is 2.10. The minimum Gasteiger partial charge on any atom is -0.399 e. The van der Waals surface area contributed by atoms with Crippen molar-refractivity contribution >= 4 is 28.7 Å². The summed E-state index contributed by atoms with van der Waals surface area (Å²) in [4.78, 5) is 30.6. The van der Waals surface area contributed by atoms with Crippen LogP contribution in [-0.2, 0) is 4.79 Å². The molecular weight excluding hydrogens is 328 g/mol. The number of rotatable bonds is 3. The van der Waals surface area contributed by atoms with Gasteiger partial charge in [-0.1, -0.05) is 0 Å². The number of nitrogens with one attached hydrogen (secondary N) is 1. The lowest BCUT2D eigenvalue weighted by Gasteiger charge is -2.03. The molecule has 0 spiro atoms. The molecule has 3 N–H and O–H groups in total. The lowest BCUT2D eigenvalue weighted by Crippen LogP contribution is -2.06. The zero-order valence-corrected chi connectivity index (χ0v) is 14.0. The number of benzene rings is 2. The molecule has 0 saturated carbocycles. The second kappa shape index (κ2) is 8.39. The lowest BCUT2D eigenvalue weighted by molar-refractivity contribution is -0.385. The molecule has 2 aromatic carbocycles. The summed E-state index contributed by atoms with van der Waals surface area (Å²) in [5.41, 5.74) is 7.81. The third-order valence-corrected chi connectivity index (χ3v) is 3.13. The Balaban J connectivity index is 0.000000257. The number of nitrogens with two attached hydrogens (primary N) is 1. The molecule has 0 aromatic heterocycles. The zero-order chi connectivity index (χ0) is 19.1. The van der Waals surface area contributed by atoms with E-state index in [-0.39, 0.29) is 17.3 Å². The average molecular weight is 346 g/mol. The van der Waals surface area contributed by atoms with Gasteiger partial charge in [-0.2, -0.15) is 0 Å². The van der Waals surface area contributed by atoms with Crippen LogP contribution in [0.25, 0.3) is 0 Å². The standard InChI is InChI=1S/C9H10N2O3.C7H8N2O2/c1-6-5-8(10-7(2)12)3-4-9(6)11(13)14;1-5-4-6(8)2-3-7(5)9(10)11/h3-5H,1-2H3,(H,10,12);2-4H,8H2,1H3. The maximum absolute atomic E-state index is 10.7. The van der Waals surface area contributed by atoms with Crippen LogP contribution in [0.2, 0.25) is 0 Å². The summed E-state index contributed by atoms with van der Waals surface area (Å²) < 4.78 is 0. The van der Waals surface area contributed by atoms with E-state index in [4.69, 9.17) is 5.73 Å². The van der Waals surface area contributed by atoms with Crippen LogP contribution in [0.15, 0.2) is 36.4 Å². The number of nitrogen functional groups attached to an aromatic ring is 1. The van der Waals surface area contributed by atoms with Crippen molar-refractivity contribution in [2.45, 2.75) is 20.8 Å². The maximum atomic E-state index is 10.7. The number of hydrogen-bond donors (Lipinski definition) is 2. The van der Waals surface area contributed by atoms with E-state index in [0.717, 1.165) is 0 Å². The molecule has 0 bridgehead atoms. The third kappa shape index (κ3) is 5.90. The van der Waals surface area contributed by atoms with E-state index >= 15 is 0 Å². The van der Waals surface area contributed by atoms with Gasteiger partial charge in [0.05, 0.1) is 9.85 Å². The minimum atomic E-state index is -0.452. The molecule has 25 heavy (non-hydrogen) atoms. The molecule has 132 valence electrons. The van der Waals surface area contributed by atoms with Gasteiger partial charge in [-0.3, -0.25) is 25.0 Å². The van der Waals surface area contributed by atoms with E-state index in [2.05, 4.69) is 5.32 Å². The van der Waals surface area contributed by atoms with Crippen LogP contribution < -0.4 is 11.1 Å². The molecule has 9 heteroatoms. The summed E-state index contributed by atoms with van der Waals surface area (Å²) in [7, 11) is 0. The van der Waals surface area contributed by atoms with Crippen molar-refractivity contribution in [2.24, 2.45) is 0 Å². The highest BCUT2D eigenvalue weighted by atomic mass is 16.6. The molecule has 0 aliphatic carbocycles. The van der Waals surface area contributed by atoms with Crippen molar-refractivity contribution in [1.29, 1.82) is 0 Å². The number of nitro benzene ring substituents is 2. The Morgan fingerprint density at radius 1 is 0.960 bits per heavy atom. The highest BCUT2D eigenvalue weighted by Crippen LogP contribution is 2.21. The Labute approximate surface area is 143 Å². The van der Waals surface area contributed by atoms with E-state index in [0.29, 0.717) is 22.5 Å². The first-order valence-electron chi connectivity index (χ1n) is 7.15. The smallest absolute Gasteiger partial charge is 0.272 e. The number of nitro groups is 2. The van der Waals surface area contributed by atoms with Crippen LogP contribution in [0.3, 0.4) is 0 Å². The normalized spacial score (nSPS) is 9.56. The number of aryl methyl sites for hydroxylation is 2. The first-order chi connectivity index (χ1) is 11.6. The summed E-state index contributed by atoms with van der Waals surface area (Å²) >= 11 is 0. The van der Waals surface area contributed by atoms with Gasteiger partial charge in [-0.25, -0.2) is 0 Å². The predicted molar refractivity (Wildman–Crippen MR) is 94.4 cm³/mol. The fourth-order valence-electron chi connectivity index (χ4n) is 2.02. The predicted octanol–water partition coefficient (Wildman–Crippen LogP) is 3.35. The Hall–Kier alpha value is -3.49. The third-order valence-electron chi connectivity index (χ3n) is 3.13. The van der Waals surface area contributed by atoms with Crippen LogP contribution in [-0.4, -0.2) is 15.8 Å². The molecule has 0 fully saturated rings. The van der Waals surface area contributed by atoms with Crippen LogP contribution in [0.5, 0.6) is 0 Å². The number of anilines is 2. The number of carbonyl (C=O) groups is 1. The molecule has 0 heterocycles. The van der Waals surface area contributed by atoms with Gasteiger partial charge in [0.25, 0.3) is 11.4 Å². The highest BCUT2D eigenvalue weighted by molar-refractivity contribution is 5.88. The summed E-state index contributed by atoms with van der Waals surface area (Å²) in [6.45, 7) is 4.68. The van der Waals surface area contributed by atoms with Gasteiger partial charge in [0.2, 0.25) is 5.91 Å². The monoisotopic (exact) mass is 346 g/mol. The average Bonchev–Trinajstić information content (AvgIpc) is 2.46. The lowest BCUT2D eigenvalue weighted by atomic mass is 10.2. The van der Waals surface area contributed by atoms with Crippen LogP contribution >= 0.6 is 0 Å². The van der Waals surface area contributed by atoms with Crippen LogP contribution in [0.1, 0.15) is 18.1 Å². The summed E-state index contributed by atoms with van der Waals surface area (Å²) in [5.74, 6) is -0.196. The molecule has 1 amide bonds. The summed E-state index contributed by atoms with van der Waals surface area (Å²) in [6.07, 6.45) is 0. The second-order valence-electron chi connectivity index (χ2n) is 5.24. The van der Waals surface area contributed by atoms with Gasteiger partial charge in [-0.05, 0) is 38.1 Å². The Morgan fingerprint density at radius 3 is 1.84 bits per heavy atom. The van der Waals surface area contributed by atoms with Crippen molar-refractivity contribution in [1.82, 2.24) is 0 Å². The quantitative estimate of drug-likeness (QED) is 0.496. The molecule has 2 rings (SSSR count). The first kappa shape index (κ1) is 19.6. The van der Waals surface area contributed by atoms with Gasteiger partial charge >= 0.3 is 0 Å². The molecular formula is C16H18N4O5. The van der Waals surface area contributed by atoms with Crippen molar-refractivity contribution in [2.75, 3.05) is 11.1 Å². The van der Waals surface area contributed by atoms with Crippen molar-refractivity contribution < 1.29 is 14.6 Å². The van der Waals surface area contributed by atoms with Gasteiger partial charge in [-0.15, -0.1) is 0 Å². The fraction of sp³-hybridized carbons (Fsp3) is 0.188. The Morgan fingerprint density at radius 2 is 1.44 bits per heavy atom. The largest absolute Gasteiger partial charge is 0.399 e. The van der Waals surface area contributed by atoms with E-state index < -0.39 is 9.85 Å². The molecule has 0 atom stereocenters. The molecule has 2 aromatic rings. The molecule has 0 aliphatic rings. The van der Waals surface area contributed by atoms with Gasteiger partial charge in [0.1, 0.15) is 0 Å². The number of hydrogen-bond acceptors (Lipinski definition) is 6. The van der Waals surface area contributed by atoms with Gasteiger partial charge in [0.15, 0.2) is 0 Å². The van der Waals surface area contributed by atoms with Gasteiger partial charge in [0, 0.05) is 41.6 Å². The maximum Gasteiger partial charge on any atom is 0.272 e. The summed E-state index contributed by atoms with van der Waals surface area (Å²) in [6, 6.07) is 8.96. The van der Waals surface area contributed by atoms with Crippen molar-refractivity contribution in [3.63, 3.8) is 0 Å². The minimum absolute atomic E-state index is 0.0547. The molecule has 0 unspecified atom stereocenters. The summed E-state index contributed by atoms with van der Waals surface area (Å²) in [5, 5.41) is 23.3. The molecule has 0 saturated heterocycles. The van der Waals surface area contributed by atoms with E-state index in [1.807, 2.05) is 0 Å². The van der Waals surface area contributed by atoms with Crippen LogP contribution in [0.4, 0.5) is 22.7 Å². The molecule has 9 nitrogen and oxygen atoms in total. The van der Waals surface area contributed by atoms with E-state index in [1.54, 1.807) is 26.0 Å². The fourth-order valence-corrected chi connectivity index (χ4v) is 2.02. The number of nitrogens with zero attached hydrogens (tertiary/aromatic N) is 2. The number of amides is 1. The van der Waals surface area contributed by atoms with Crippen molar-refractivity contribution in [3.8, 4) is 0 Å². The zero-order valence-electron chi connectivity index (χ0n) is 14.0. The number of carbonyl (C=O) groups excluding carboxylic acids is 1. The Bertz CT molecular complexity index is 820. The van der Waals surface area contributed by atoms with Crippen LogP contribution in [0, 0.1) is 34.1 Å².